The SMILES string of the molecule is CCOC(=O)c1cnc(Cl)c(C#N)c1C(C)C. The van der Waals surface area contributed by atoms with Crippen molar-refractivity contribution in [2.24, 2.45) is 0 Å². The van der Waals surface area contributed by atoms with Crippen molar-refractivity contribution in [3.05, 3.63) is 28.0 Å². The van der Waals surface area contributed by atoms with Gasteiger partial charge in [0, 0.05) is 6.20 Å². The summed E-state index contributed by atoms with van der Waals surface area (Å²) in [5, 5.41) is 9.17. The highest BCUT2D eigenvalue weighted by Gasteiger charge is 2.21. The summed E-state index contributed by atoms with van der Waals surface area (Å²) < 4.78 is 4.93. The van der Waals surface area contributed by atoms with E-state index in [0.717, 1.165) is 0 Å². The summed E-state index contributed by atoms with van der Waals surface area (Å²) in [5.41, 5.74) is 1.14. The van der Waals surface area contributed by atoms with E-state index in [2.05, 4.69) is 4.98 Å². The molecule has 1 heterocycles. The molecule has 0 radical (unpaired) electrons. The van der Waals surface area contributed by atoms with Crippen LogP contribution in [0.15, 0.2) is 6.20 Å². The molecule has 0 saturated heterocycles. The van der Waals surface area contributed by atoms with Crippen molar-refractivity contribution in [3.63, 3.8) is 0 Å². The number of pyridine rings is 1. The van der Waals surface area contributed by atoms with E-state index in [4.69, 9.17) is 21.6 Å². The summed E-state index contributed by atoms with van der Waals surface area (Å²) in [6.07, 6.45) is 1.36. The zero-order valence-electron chi connectivity index (χ0n) is 9.95. The molecule has 0 spiro atoms. The Labute approximate surface area is 105 Å². The molecule has 0 N–H and O–H groups in total. The molecule has 0 fully saturated rings. The van der Waals surface area contributed by atoms with E-state index >= 15 is 0 Å². The minimum atomic E-state index is -0.475. The van der Waals surface area contributed by atoms with Gasteiger partial charge in [0.2, 0.25) is 0 Å². The standard InChI is InChI=1S/C12H13ClN2O2/c1-4-17-12(16)9-6-15-11(13)8(5-14)10(9)7(2)3/h6-7H,4H2,1-3H3. The van der Waals surface area contributed by atoms with Crippen LogP contribution in [-0.4, -0.2) is 17.6 Å². The summed E-state index contributed by atoms with van der Waals surface area (Å²) in [6, 6.07) is 1.98. The number of nitriles is 1. The Morgan fingerprint density at radius 2 is 2.29 bits per heavy atom. The molecular formula is C12H13ClN2O2. The summed E-state index contributed by atoms with van der Waals surface area (Å²) >= 11 is 5.84. The van der Waals surface area contributed by atoms with Crippen LogP contribution in [0.3, 0.4) is 0 Å². The van der Waals surface area contributed by atoms with E-state index < -0.39 is 5.97 Å². The van der Waals surface area contributed by atoms with Gasteiger partial charge in [0.05, 0.1) is 17.7 Å². The number of hydrogen-bond acceptors (Lipinski definition) is 4. The number of ether oxygens (including phenoxy) is 1. The number of carbonyl (C=O) groups is 1. The van der Waals surface area contributed by atoms with Crippen molar-refractivity contribution in [1.82, 2.24) is 4.98 Å². The van der Waals surface area contributed by atoms with Crippen molar-refractivity contribution in [1.29, 1.82) is 5.26 Å². The van der Waals surface area contributed by atoms with Crippen molar-refractivity contribution >= 4 is 17.6 Å². The first-order valence-electron chi connectivity index (χ1n) is 5.28. The molecule has 90 valence electrons. The predicted molar refractivity (Wildman–Crippen MR) is 64.0 cm³/mol. The average molecular weight is 253 g/mol. The van der Waals surface area contributed by atoms with Crippen molar-refractivity contribution < 1.29 is 9.53 Å². The fraction of sp³-hybridized carbons (Fsp3) is 0.417. The van der Waals surface area contributed by atoms with E-state index in [1.807, 2.05) is 19.9 Å². The summed E-state index contributed by atoms with van der Waals surface area (Å²) in [5.74, 6) is -0.485. The minimum Gasteiger partial charge on any atom is -0.462 e. The van der Waals surface area contributed by atoms with Crippen LogP contribution in [-0.2, 0) is 4.74 Å². The molecular weight excluding hydrogens is 240 g/mol. The molecule has 0 aliphatic carbocycles. The van der Waals surface area contributed by atoms with E-state index in [-0.39, 0.29) is 23.2 Å². The van der Waals surface area contributed by atoms with Crippen LogP contribution < -0.4 is 0 Å². The molecule has 0 atom stereocenters. The number of aromatic nitrogens is 1. The van der Waals surface area contributed by atoms with Gasteiger partial charge in [0.1, 0.15) is 11.2 Å². The largest absolute Gasteiger partial charge is 0.462 e. The van der Waals surface area contributed by atoms with Gasteiger partial charge in [0.25, 0.3) is 0 Å². The monoisotopic (exact) mass is 252 g/mol. The number of halogens is 1. The highest BCUT2D eigenvalue weighted by Crippen LogP contribution is 2.27. The van der Waals surface area contributed by atoms with Gasteiger partial charge in [-0.1, -0.05) is 25.4 Å². The third kappa shape index (κ3) is 2.75. The topological polar surface area (TPSA) is 63.0 Å². The minimum absolute atomic E-state index is 0.00967. The van der Waals surface area contributed by atoms with Gasteiger partial charge >= 0.3 is 5.97 Å². The zero-order chi connectivity index (χ0) is 13.0. The number of esters is 1. The van der Waals surface area contributed by atoms with Crippen molar-refractivity contribution in [3.8, 4) is 6.07 Å². The van der Waals surface area contributed by atoms with Crippen molar-refractivity contribution in [2.45, 2.75) is 26.7 Å². The Balaban J connectivity index is 3.42. The second-order valence-electron chi connectivity index (χ2n) is 3.74. The number of carbonyl (C=O) groups excluding carboxylic acids is 1. The predicted octanol–water partition coefficient (Wildman–Crippen LogP) is 2.91. The first-order chi connectivity index (χ1) is 8.02. The third-order valence-electron chi connectivity index (χ3n) is 2.26. The molecule has 17 heavy (non-hydrogen) atoms. The maximum absolute atomic E-state index is 11.7. The van der Waals surface area contributed by atoms with Crippen LogP contribution >= 0.6 is 11.6 Å². The smallest absolute Gasteiger partial charge is 0.340 e. The molecule has 1 aromatic rings. The molecule has 0 saturated carbocycles. The van der Waals surface area contributed by atoms with Crippen LogP contribution in [0.25, 0.3) is 0 Å². The Morgan fingerprint density at radius 1 is 1.65 bits per heavy atom. The second kappa shape index (κ2) is 5.65. The molecule has 0 amide bonds. The highest BCUT2D eigenvalue weighted by molar-refractivity contribution is 6.30. The lowest BCUT2D eigenvalue weighted by atomic mass is 9.94. The van der Waals surface area contributed by atoms with Gasteiger partial charge in [-0.3, -0.25) is 0 Å². The Hall–Kier alpha value is -1.60. The van der Waals surface area contributed by atoms with E-state index in [1.54, 1.807) is 6.92 Å². The van der Waals surface area contributed by atoms with Gasteiger partial charge in [-0.15, -0.1) is 0 Å². The summed E-state index contributed by atoms with van der Waals surface area (Å²) in [4.78, 5) is 15.6. The summed E-state index contributed by atoms with van der Waals surface area (Å²) in [6.45, 7) is 5.77. The fourth-order valence-electron chi connectivity index (χ4n) is 1.58. The molecule has 0 aliphatic heterocycles. The van der Waals surface area contributed by atoms with E-state index in [9.17, 15) is 4.79 Å². The maximum Gasteiger partial charge on any atom is 0.340 e. The lowest BCUT2D eigenvalue weighted by Crippen LogP contribution is -2.12. The molecule has 1 aromatic heterocycles. The quantitative estimate of drug-likeness (QED) is 0.613. The molecule has 5 heteroatoms. The lowest BCUT2D eigenvalue weighted by Gasteiger charge is -2.13. The number of hydrogen-bond donors (Lipinski definition) is 0. The zero-order valence-corrected chi connectivity index (χ0v) is 10.7. The van der Waals surface area contributed by atoms with Crippen LogP contribution in [0, 0.1) is 11.3 Å². The first kappa shape index (κ1) is 13.5. The van der Waals surface area contributed by atoms with Gasteiger partial charge in [-0.05, 0) is 18.4 Å². The van der Waals surface area contributed by atoms with Crippen LogP contribution in [0.4, 0.5) is 0 Å². The maximum atomic E-state index is 11.7. The molecule has 0 bridgehead atoms. The van der Waals surface area contributed by atoms with E-state index in [1.165, 1.54) is 6.20 Å². The molecule has 0 aromatic carbocycles. The van der Waals surface area contributed by atoms with Gasteiger partial charge < -0.3 is 4.74 Å². The highest BCUT2D eigenvalue weighted by atomic mass is 35.5. The lowest BCUT2D eigenvalue weighted by molar-refractivity contribution is 0.0524. The Morgan fingerprint density at radius 3 is 2.76 bits per heavy atom. The van der Waals surface area contributed by atoms with Crippen molar-refractivity contribution in [2.75, 3.05) is 6.61 Å². The van der Waals surface area contributed by atoms with E-state index in [0.29, 0.717) is 11.1 Å². The molecule has 4 nitrogen and oxygen atoms in total. The van der Waals surface area contributed by atoms with Crippen LogP contribution in [0.5, 0.6) is 0 Å². The van der Waals surface area contributed by atoms with Crippen LogP contribution in [0.1, 0.15) is 48.2 Å². The molecule has 0 aliphatic rings. The summed E-state index contributed by atoms with van der Waals surface area (Å²) in [7, 11) is 0. The average Bonchev–Trinajstić information content (AvgIpc) is 2.28. The Kier molecular flexibility index (Phi) is 4.47. The third-order valence-corrected chi connectivity index (χ3v) is 2.54. The second-order valence-corrected chi connectivity index (χ2v) is 4.10. The first-order valence-corrected chi connectivity index (χ1v) is 5.66. The Bertz CT molecular complexity index is 478. The molecule has 1 rings (SSSR count). The normalized spacial score (nSPS) is 10.1. The van der Waals surface area contributed by atoms with Gasteiger partial charge in [-0.25, -0.2) is 9.78 Å². The number of rotatable bonds is 3. The van der Waals surface area contributed by atoms with Gasteiger partial charge in [0.15, 0.2) is 0 Å². The number of nitrogens with zero attached hydrogens (tertiary/aromatic N) is 2. The van der Waals surface area contributed by atoms with Crippen LogP contribution in [0.2, 0.25) is 5.15 Å². The van der Waals surface area contributed by atoms with Gasteiger partial charge in [-0.2, -0.15) is 5.26 Å². The molecule has 0 unspecified atom stereocenters. The fourth-order valence-corrected chi connectivity index (χ4v) is 1.77.